The Kier molecular flexibility index (Phi) is 5.87. The number of hydrogen-bond donors (Lipinski definition) is 0. The molecule has 0 atom stereocenters. The van der Waals surface area contributed by atoms with Crippen molar-refractivity contribution in [3.05, 3.63) is 212 Å². The normalized spacial score (nSPS) is 14.7. The van der Waals surface area contributed by atoms with Gasteiger partial charge in [-0.2, -0.15) is 0 Å². The first-order valence-corrected chi connectivity index (χ1v) is 19.0. The monoisotopic (exact) mass is 796 g/mol. The van der Waals surface area contributed by atoms with E-state index in [0.717, 1.165) is 32.9 Å². The maximum atomic E-state index is 9.01. The second-order valence-corrected chi connectivity index (χ2v) is 13.6. The van der Waals surface area contributed by atoms with Crippen molar-refractivity contribution in [1.82, 2.24) is 34.5 Å². The standard InChI is InChI=1S/C54H35N7/c1-6-19-36(20-7-1)42-30-18-32-47-48(42)43-29-16-17-31-45(43)61(47)46-34-33-41(53-57-49(37-21-8-2-9-22-37)55-50(58-53)38-23-10-3-11-24-38)35-44(46)54-59-51(39-25-12-4-13-26-39)56-52(60-54)40-27-14-5-15-28-40/h1-35H/i2D,4D,5D,8D,9D,12D,13D,14D,15D,21D,22D,25D,26D,27D,28D. The minimum Gasteiger partial charge on any atom is -0.308 e. The largest absolute Gasteiger partial charge is 0.308 e. The van der Waals surface area contributed by atoms with Crippen molar-refractivity contribution in [3.8, 4) is 85.1 Å². The predicted octanol–water partition coefficient (Wildman–Crippen LogP) is 12.8. The molecular formula is C54H35N7. The quantitative estimate of drug-likeness (QED) is 0.152. The first kappa shape index (κ1) is 23.2. The molecule has 11 rings (SSSR count). The van der Waals surface area contributed by atoms with E-state index in [9.17, 15) is 0 Å². The van der Waals surface area contributed by atoms with Crippen molar-refractivity contribution in [2.24, 2.45) is 0 Å². The summed E-state index contributed by atoms with van der Waals surface area (Å²) in [6.45, 7) is 0. The van der Waals surface area contributed by atoms with Crippen LogP contribution in [0.5, 0.6) is 0 Å². The van der Waals surface area contributed by atoms with Crippen molar-refractivity contribution in [2.45, 2.75) is 0 Å². The second kappa shape index (κ2) is 15.4. The Labute approximate surface area is 373 Å². The van der Waals surface area contributed by atoms with E-state index in [1.807, 2.05) is 77.4 Å². The van der Waals surface area contributed by atoms with Gasteiger partial charge in [-0.1, -0.05) is 182 Å². The Morgan fingerprint density at radius 2 is 0.787 bits per heavy atom. The van der Waals surface area contributed by atoms with Gasteiger partial charge in [0.15, 0.2) is 34.9 Å². The molecular weight excluding hydrogens is 747 g/mol. The molecule has 0 N–H and O–H groups in total. The van der Waals surface area contributed by atoms with Crippen LogP contribution in [0.25, 0.3) is 107 Å². The molecule has 8 aromatic carbocycles. The lowest BCUT2D eigenvalue weighted by atomic mass is 9.99. The van der Waals surface area contributed by atoms with Crippen LogP contribution in [-0.2, 0) is 0 Å². The van der Waals surface area contributed by atoms with Crippen LogP contribution in [0.4, 0.5) is 0 Å². The topological polar surface area (TPSA) is 82.3 Å². The van der Waals surface area contributed by atoms with Gasteiger partial charge >= 0.3 is 0 Å². The average molecular weight is 797 g/mol. The molecule has 11 aromatic rings. The molecule has 61 heavy (non-hydrogen) atoms. The lowest BCUT2D eigenvalue weighted by Crippen LogP contribution is -2.05. The third-order valence-electron chi connectivity index (χ3n) is 9.99. The molecule has 0 spiro atoms. The molecule has 286 valence electrons. The Bertz CT molecular complexity index is 4080. The summed E-state index contributed by atoms with van der Waals surface area (Å²) in [5.74, 6) is -1.41. The highest BCUT2D eigenvalue weighted by Crippen LogP contribution is 2.41. The van der Waals surface area contributed by atoms with Crippen molar-refractivity contribution in [3.63, 3.8) is 0 Å². The van der Waals surface area contributed by atoms with E-state index in [2.05, 4.69) is 9.97 Å². The number of para-hydroxylation sites is 1. The van der Waals surface area contributed by atoms with Crippen molar-refractivity contribution in [2.75, 3.05) is 0 Å². The molecule has 7 heteroatoms. The highest BCUT2D eigenvalue weighted by atomic mass is 15.1. The van der Waals surface area contributed by atoms with Crippen LogP contribution in [0.2, 0.25) is 0 Å². The molecule has 0 aliphatic heterocycles. The molecule has 0 fully saturated rings. The summed E-state index contributed by atoms with van der Waals surface area (Å²) in [5.41, 5.74) is 3.38. The maximum Gasteiger partial charge on any atom is 0.166 e. The minimum absolute atomic E-state index is 0.0391. The fourth-order valence-corrected chi connectivity index (χ4v) is 7.32. The third kappa shape index (κ3) is 6.70. The van der Waals surface area contributed by atoms with Gasteiger partial charge in [0, 0.05) is 44.2 Å². The summed E-state index contributed by atoms with van der Waals surface area (Å²) in [7, 11) is 0. The highest BCUT2D eigenvalue weighted by molar-refractivity contribution is 6.16. The zero-order valence-electron chi connectivity index (χ0n) is 46.7. The van der Waals surface area contributed by atoms with Crippen LogP contribution in [-0.4, -0.2) is 34.5 Å². The molecule has 0 saturated carbocycles. The predicted molar refractivity (Wildman–Crippen MR) is 246 cm³/mol. The SMILES string of the molecule is [2H]c1c([2H])c([2H])c(-c2nc(-c3ccccc3)nc(-c3ccc(-n4c5ccccc5c5c(-c6ccccc6)cccc54)c(-c4nc(-c5c([2H])c([2H])c([2H])c([2H])c5[2H])nc(-c5c([2H])c([2H])c([2H])c([2H])c5[2H])n4)c3)n2)c([2H])c1[2H]. The van der Waals surface area contributed by atoms with E-state index in [-0.39, 0.29) is 40.0 Å². The van der Waals surface area contributed by atoms with E-state index >= 15 is 0 Å². The smallest absolute Gasteiger partial charge is 0.166 e. The van der Waals surface area contributed by atoms with Gasteiger partial charge in [-0.05, 0) is 41.5 Å². The van der Waals surface area contributed by atoms with E-state index in [0.29, 0.717) is 11.3 Å². The summed E-state index contributed by atoms with van der Waals surface area (Å²) in [5, 5.41) is 1.73. The maximum absolute atomic E-state index is 9.01. The molecule has 0 unspecified atom stereocenters. The molecule has 0 aliphatic carbocycles. The fourth-order valence-electron chi connectivity index (χ4n) is 7.32. The lowest BCUT2D eigenvalue weighted by Gasteiger charge is -2.16. The zero-order chi connectivity index (χ0) is 53.6. The Morgan fingerprint density at radius 3 is 1.36 bits per heavy atom. The number of rotatable bonds is 8. The Hall–Kier alpha value is -8.42. The van der Waals surface area contributed by atoms with Gasteiger partial charge in [-0.3, -0.25) is 0 Å². The van der Waals surface area contributed by atoms with E-state index in [1.165, 1.54) is 0 Å². The van der Waals surface area contributed by atoms with Gasteiger partial charge in [-0.25, -0.2) is 29.9 Å². The number of fused-ring (bicyclic) bond motifs is 3. The first-order valence-electron chi connectivity index (χ1n) is 26.5. The van der Waals surface area contributed by atoms with Crippen LogP contribution >= 0.6 is 0 Å². The van der Waals surface area contributed by atoms with E-state index in [1.54, 1.807) is 48.5 Å². The molecule has 0 saturated heterocycles. The van der Waals surface area contributed by atoms with Crippen LogP contribution in [0.15, 0.2) is 212 Å². The number of hydrogen-bond acceptors (Lipinski definition) is 6. The number of aromatic nitrogens is 7. The van der Waals surface area contributed by atoms with Gasteiger partial charge in [0.2, 0.25) is 0 Å². The Balaban J connectivity index is 1.28. The molecule has 3 heterocycles. The van der Waals surface area contributed by atoms with Gasteiger partial charge in [0.05, 0.1) is 37.3 Å². The van der Waals surface area contributed by atoms with Gasteiger partial charge in [0.1, 0.15) is 0 Å². The van der Waals surface area contributed by atoms with Crippen LogP contribution < -0.4 is 0 Å². The minimum atomic E-state index is -0.705. The average Bonchev–Trinajstić information content (AvgIpc) is 3.79. The molecule has 0 radical (unpaired) electrons. The molecule has 0 amide bonds. The first-order chi connectivity index (χ1) is 36.5. The molecule has 3 aromatic heterocycles. The molecule has 7 nitrogen and oxygen atoms in total. The van der Waals surface area contributed by atoms with Gasteiger partial charge < -0.3 is 4.57 Å². The van der Waals surface area contributed by atoms with Crippen LogP contribution in [0.1, 0.15) is 20.6 Å². The van der Waals surface area contributed by atoms with Gasteiger partial charge in [-0.15, -0.1) is 0 Å². The molecule has 0 aliphatic rings. The Morgan fingerprint density at radius 1 is 0.328 bits per heavy atom. The summed E-state index contributed by atoms with van der Waals surface area (Å²) in [6.07, 6.45) is 0. The summed E-state index contributed by atoms with van der Waals surface area (Å²) in [6, 6.07) is 27.4. The summed E-state index contributed by atoms with van der Waals surface area (Å²) in [4.78, 5) is 28.5. The number of nitrogens with zero attached hydrogens (tertiary/aromatic N) is 7. The molecule has 0 bridgehead atoms. The van der Waals surface area contributed by atoms with E-state index in [4.69, 9.17) is 40.5 Å². The van der Waals surface area contributed by atoms with Crippen molar-refractivity contribution in [1.29, 1.82) is 0 Å². The van der Waals surface area contributed by atoms with Crippen molar-refractivity contribution < 1.29 is 20.6 Å². The summed E-state index contributed by atoms with van der Waals surface area (Å²) < 4.78 is 132. The lowest BCUT2D eigenvalue weighted by molar-refractivity contribution is 1.06. The zero-order valence-corrected chi connectivity index (χ0v) is 31.7. The number of benzene rings is 8. The van der Waals surface area contributed by atoms with Gasteiger partial charge in [0.25, 0.3) is 0 Å². The van der Waals surface area contributed by atoms with Crippen LogP contribution in [0.3, 0.4) is 0 Å². The summed E-state index contributed by atoms with van der Waals surface area (Å²) >= 11 is 0. The van der Waals surface area contributed by atoms with E-state index < -0.39 is 113 Å². The third-order valence-corrected chi connectivity index (χ3v) is 9.99. The second-order valence-electron chi connectivity index (χ2n) is 13.6. The highest BCUT2D eigenvalue weighted by Gasteiger charge is 2.23. The fraction of sp³-hybridized carbons (Fsp3) is 0. The van der Waals surface area contributed by atoms with Crippen molar-refractivity contribution >= 4 is 21.8 Å². The van der Waals surface area contributed by atoms with Crippen LogP contribution in [0, 0.1) is 0 Å².